The number of halogens is 2. The Morgan fingerprint density at radius 3 is 2.60 bits per heavy atom. The Kier molecular flexibility index (Phi) is 4.94. The van der Waals surface area contributed by atoms with Crippen LogP contribution in [0.3, 0.4) is 0 Å². The van der Waals surface area contributed by atoms with Gasteiger partial charge in [-0.1, -0.05) is 6.07 Å². The van der Waals surface area contributed by atoms with E-state index in [0.29, 0.717) is 17.0 Å². The maximum Gasteiger partial charge on any atom is 0.262 e. The van der Waals surface area contributed by atoms with E-state index >= 15 is 0 Å². The lowest BCUT2D eigenvalue weighted by atomic mass is 10.2. The fourth-order valence-electron chi connectivity index (χ4n) is 1.55. The molecule has 0 unspecified atom stereocenters. The Balaban J connectivity index is 1.89. The minimum atomic E-state index is -0.346. The summed E-state index contributed by atoms with van der Waals surface area (Å²) in [5, 5.41) is 2.59. The van der Waals surface area contributed by atoms with E-state index < -0.39 is 0 Å². The number of benzene rings is 2. The molecule has 1 amide bonds. The molecule has 0 spiro atoms. The van der Waals surface area contributed by atoms with Crippen LogP contribution in [0.4, 0.5) is 10.1 Å². The number of rotatable bonds is 4. The molecule has 2 rings (SSSR count). The topological polar surface area (TPSA) is 38.3 Å². The van der Waals surface area contributed by atoms with Gasteiger partial charge in [0.25, 0.3) is 5.91 Å². The summed E-state index contributed by atoms with van der Waals surface area (Å²) >= 11 is 2.19. The van der Waals surface area contributed by atoms with Crippen molar-refractivity contribution in [2.75, 3.05) is 11.9 Å². The van der Waals surface area contributed by atoms with Crippen molar-refractivity contribution in [3.05, 3.63) is 57.4 Å². The van der Waals surface area contributed by atoms with Gasteiger partial charge < -0.3 is 10.1 Å². The molecule has 0 bridgehead atoms. The molecule has 0 heterocycles. The highest BCUT2D eigenvalue weighted by Crippen LogP contribution is 2.15. The molecular weight excluding hydrogens is 372 g/mol. The summed E-state index contributed by atoms with van der Waals surface area (Å²) in [5.41, 5.74) is 0.961. The lowest BCUT2D eigenvalue weighted by molar-refractivity contribution is -0.118. The van der Waals surface area contributed by atoms with Gasteiger partial charge in [-0.2, -0.15) is 0 Å². The zero-order valence-corrected chi connectivity index (χ0v) is 13.0. The summed E-state index contributed by atoms with van der Waals surface area (Å²) in [6, 6.07) is 11.9. The zero-order valence-electron chi connectivity index (χ0n) is 10.8. The fourth-order valence-corrected chi connectivity index (χ4v) is 1.91. The second kappa shape index (κ2) is 6.69. The second-order valence-electron chi connectivity index (χ2n) is 4.25. The van der Waals surface area contributed by atoms with Gasteiger partial charge in [0.1, 0.15) is 11.6 Å². The molecule has 3 nitrogen and oxygen atoms in total. The monoisotopic (exact) mass is 385 g/mol. The van der Waals surface area contributed by atoms with Crippen LogP contribution in [0, 0.1) is 16.3 Å². The van der Waals surface area contributed by atoms with Crippen LogP contribution in [-0.4, -0.2) is 12.5 Å². The fraction of sp³-hybridized carbons (Fsp3) is 0.133. The molecule has 0 radical (unpaired) electrons. The van der Waals surface area contributed by atoms with Crippen LogP contribution in [0.5, 0.6) is 5.75 Å². The second-order valence-corrected chi connectivity index (χ2v) is 5.50. The molecule has 0 aliphatic carbocycles. The molecule has 0 saturated carbocycles. The van der Waals surface area contributed by atoms with Crippen molar-refractivity contribution < 1.29 is 13.9 Å². The quantitative estimate of drug-likeness (QED) is 0.815. The van der Waals surface area contributed by atoms with Crippen molar-refractivity contribution in [2.45, 2.75) is 6.92 Å². The SMILES string of the molecule is Cc1ccc(NC(=O)COc2ccc(I)cc2)cc1F. The van der Waals surface area contributed by atoms with Gasteiger partial charge >= 0.3 is 0 Å². The highest BCUT2D eigenvalue weighted by Gasteiger charge is 2.05. The Bertz CT molecular complexity index is 614. The summed E-state index contributed by atoms with van der Waals surface area (Å²) < 4.78 is 19.8. The van der Waals surface area contributed by atoms with E-state index in [1.54, 1.807) is 31.2 Å². The van der Waals surface area contributed by atoms with Gasteiger partial charge in [0.15, 0.2) is 6.61 Å². The smallest absolute Gasteiger partial charge is 0.262 e. The van der Waals surface area contributed by atoms with Crippen LogP contribution in [0.2, 0.25) is 0 Å². The van der Waals surface area contributed by atoms with Crippen LogP contribution in [0.15, 0.2) is 42.5 Å². The number of hydrogen-bond acceptors (Lipinski definition) is 2. The molecule has 2 aromatic rings. The summed E-state index contributed by atoms with van der Waals surface area (Å²) in [6.07, 6.45) is 0. The number of carbonyl (C=O) groups excluding carboxylic acids is 1. The average Bonchev–Trinajstić information content (AvgIpc) is 2.42. The van der Waals surface area contributed by atoms with Gasteiger partial charge in [0, 0.05) is 9.26 Å². The molecule has 0 aromatic heterocycles. The van der Waals surface area contributed by atoms with Gasteiger partial charge in [-0.25, -0.2) is 4.39 Å². The molecule has 0 saturated heterocycles. The molecule has 20 heavy (non-hydrogen) atoms. The Morgan fingerprint density at radius 1 is 1.25 bits per heavy atom. The van der Waals surface area contributed by atoms with E-state index in [0.717, 1.165) is 3.57 Å². The van der Waals surface area contributed by atoms with Crippen LogP contribution in [-0.2, 0) is 4.79 Å². The van der Waals surface area contributed by atoms with Crippen molar-refractivity contribution in [1.82, 2.24) is 0 Å². The largest absolute Gasteiger partial charge is 0.484 e. The summed E-state index contributed by atoms with van der Waals surface area (Å²) in [6.45, 7) is 1.55. The third kappa shape index (κ3) is 4.19. The third-order valence-electron chi connectivity index (χ3n) is 2.64. The zero-order chi connectivity index (χ0) is 14.5. The standard InChI is InChI=1S/C15H13FINO2/c1-10-2-5-12(8-14(10)16)18-15(19)9-20-13-6-3-11(17)4-7-13/h2-8H,9H2,1H3,(H,18,19). The Morgan fingerprint density at radius 2 is 1.95 bits per heavy atom. The van der Waals surface area contributed by atoms with Crippen molar-refractivity contribution in [1.29, 1.82) is 0 Å². The number of nitrogens with one attached hydrogen (secondary N) is 1. The van der Waals surface area contributed by atoms with E-state index in [-0.39, 0.29) is 18.3 Å². The number of amides is 1. The predicted molar refractivity (Wildman–Crippen MR) is 84.4 cm³/mol. The minimum Gasteiger partial charge on any atom is -0.484 e. The van der Waals surface area contributed by atoms with Gasteiger partial charge in [0.2, 0.25) is 0 Å². The van der Waals surface area contributed by atoms with Gasteiger partial charge in [0.05, 0.1) is 0 Å². The highest BCUT2D eigenvalue weighted by atomic mass is 127. The Hall–Kier alpha value is -1.63. The van der Waals surface area contributed by atoms with Gasteiger partial charge in [-0.05, 0) is 71.5 Å². The number of aryl methyl sites for hydroxylation is 1. The van der Waals surface area contributed by atoms with Crippen LogP contribution in [0.1, 0.15) is 5.56 Å². The van der Waals surface area contributed by atoms with E-state index in [2.05, 4.69) is 27.9 Å². The molecule has 0 atom stereocenters. The van der Waals surface area contributed by atoms with Crippen LogP contribution in [0.25, 0.3) is 0 Å². The molecule has 5 heteroatoms. The highest BCUT2D eigenvalue weighted by molar-refractivity contribution is 14.1. The lowest BCUT2D eigenvalue weighted by Gasteiger charge is -2.08. The number of ether oxygens (including phenoxy) is 1. The van der Waals surface area contributed by atoms with E-state index in [1.807, 2.05) is 12.1 Å². The lowest BCUT2D eigenvalue weighted by Crippen LogP contribution is -2.20. The van der Waals surface area contributed by atoms with Crippen molar-refractivity contribution in [3.8, 4) is 5.75 Å². The normalized spacial score (nSPS) is 10.2. The van der Waals surface area contributed by atoms with Crippen LogP contribution < -0.4 is 10.1 Å². The molecule has 0 aliphatic rings. The molecule has 0 aliphatic heterocycles. The van der Waals surface area contributed by atoms with Gasteiger partial charge in [-0.3, -0.25) is 4.79 Å². The minimum absolute atomic E-state index is 0.115. The first kappa shape index (κ1) is 14.8. The number of carbonyl (C=O) groups is 1. The average molecular weight is 385 g/mol. The maximum atomic E-state index is 13.3. The van der Waals surface area contributed by atoms with Crippen molar-refractivity contribution in [2.24, 2.45) is 0 Å². The number of anilines is 1. The number of hydrogen-bond donors (Lipinski definition) is 1. The van der Waals surface area contributed by atoms with Crippen LogP contribution >= 0.6 is 22.6 Å². The first-order valence-corrected chi connectivity index (χ1v) is 7.07. The van der Waals surface area contributed by atoms with Crippen molar-refractivity contribution >= 4 is 34.2 Å². The molecular formula is C15H13FINO2. The van der Waals surface area contributed by atoms with E-state index in [9.17, 15) is 9.18 Å². The predicted octanol–water partition coefficient (Wildman–Crippen LogP) is 3.76. The first-order chi connectivity index (χ1) is 9.54. The molecule has 2 aromatic carbocycles. The summed E-state index contributed by atoms with van der Waals surface area (Å²) in [4.78, 5) is 11.7. The first-order valence-electron chi connectivity index (χ1n) is 5.99. The summed E-state index contributed by atoms with van der Waals surface area (Å²) in [5.74, 6) is -0.0520. The molecule has 104 valence electrons. The molecule has 0 fully saturated rings. The maximum absolute atomic E-state index is 13.3. The van der Waals surface area contributed by atoms with E-state index in [1.165, 1.54) is 6.07 Å². The third-order valence-corrected chi connectivity index (χ3v) is 3.36. The molecule has 1 N–H and O–H groups in total. The van der Waals surface area contributed by atoms with Crippen molar-refractivity contribution in [3.63, 3.8) is 0 Å². The Labute approximate surface area is 130 Å². The van der Waals surface area contributed by atoms with E-state index in [4.69, 9.17) is 4.74 Å². The summed E-state index contributed by atoms with van der Waals surface area (Å²) in [7, 11) is 0. The van der Waals surface area contributed by atoms with Gasteiger partial charge in [-0.15, -0.1) is 0 Å².